The molecule has 1 aliphatic carbocycles. The number of ketones is 1. The number of carbonyl (C=O) groups excluding carboxylic acids is 1. The van der Waals surface area contributed by atoms with Crippen LogP contribution < -0.4 is 9.47 Å². The quantitative estimate of drug-likeness (QED) is 0.414. The molecule has 8 heteroatoms. The van der Waals surface area contributed by atoms with E-state index in [9.17, 15) is 9.18 Å². The maximum absolute atomic E-state index is 13.5. The second kappa shape index (κ2) is 7.73. The summed E-state index contributed by atoms with van der Waals surface area (Å²) in [6.45, 7) is 4.14. The van der Waals surface area contributed by atoms with E-state index >= 15 is 0 Å². The minimum Gasteiger partial charge on any atom is -0.497 e. The topological polar surface area (TPSA) is 78.6 Å². The number of allylic oxidation sites excluding steroid dienone is 2. The number of methoxy groups -OCH3 is 1. The summed E-state index contributed by atoms with van der Waals surface area (Å²) in [5.41, 5.74) is 3.26. The van der Waals surface area contributed by atoms with Crippen molar-refractivity contribution in [1.29, 1.82) is 0 Å². The van der Waals surface area contributed by atoms with Gasteiger partial charge >= 0.3 is 0 Å². The van der Waals surface area contributed by atoms with Crippen LogP contribution in [-0.2, 0) is 4.79 Å². The largest absolute Gasteiger partial charge is 0.497 e. The normalized spacial score (nSPS) is 18.7. The molecule has 3 heterocycles. The molecule has 0 amide bonds. The average Bonchev–Trinajstić information content (AvgIpc) is 3.27. The lowest BCUT2D eigenvalue weighted by molar-refractivity contribution is -0.118. The van der Waals surface area contributed by atoms with Crippen LogP contribution >= 0.6 is 0 Å². The van der Waals surface area contributed by atoms with Crippen LogP contribution in [0.5, 0.6) is 11.6 Å². The highest BCUT2D eigenvalue weighted by Crippen LogP contribution is 2.50. The molecule has 4 aromatic rings. The Labute approximate surface area is 201 Å². The average molecular weight is 471 g/mol. The molecule has 0 unspecified atom stereocenters. The van der Waals surface area contributed by atoms with Gasteiger partial charge in [-0.15, -0.1) is 5.10 Å². The van der Waals surface area contributed by atoms with Crippen LogP contribution in [0.1, 0.15) is 43.7 Å². The van der Waals surface area contributed by atoms with E-state index < -0.39 is 5.92 Å². The highest BCUT2D eigenvalue weighted by Gasteiger charge is 2.44. The number of carbonyl (C=O) groups is 1. The summed E-state index contributed by atoms with van der Waals surface area (Å²) in [7, 11) is 1.62. The second-order valence-corrected chi connectivity index (χ2v) is 9.76. The second-order valence-electron chi connectivity index (χ2n) is 9.76. The third kappa shape index (κ3) is 3.56. The van der Waals surface area contributed by atoms with E-state index in [1.165, 1.54) is 12.1 Å². The first-order valence-corrected chi connectivity index (χ1v) is 11.4. The maximum atomic E-state index is 13.5. The molecule has 2 aliphatic rings. The van der Waals surface area contributed by atoms with E-state index in [0.717, 1.165) is 11.3 Å². The van der Waals surface area contributed by atoms with Gasteiger partial charge in [0.15, 0.2) is 17.3 Å². The van der Waals surface area contributed by atoms with Crippen molar-refractivity contribution in [3.8, 4) is 23.0 Å². The van der Waals surface area contributed by atoms with Crippen molar-refractivity contribution in [2.75, 3.05) is 7.11 Å². The standard InChI is InChI=1S/C27H23FN4O3/c1-27(2)12-19(33)22-20(13-27)35-26-23(21(22)15-6-10-18(34-3)11-7-15)25-30-24(31-32(25)14-29-26)16-4-8-17(28)9-5-16/h4-11,14,21H,12-13H2,1-3H3/t21-/m0/s1. The van der Waals surface area contributed by atoms with Crippen molar-refractivity contribution in [1.82, 2.24) is 19.6 Å². The SMILES string of the molecule is COc1ccc([C@H]2C3=C(CC(C)(C)CC3=O)Oc3ncn4nc(-c5ccc(F)cc5)nc4c32)cc1. The number of hydrogen-bond acceptors (Lipinski definition) is 6. The molecule has 0 saturated carbocycles. The van der Waals surface area contributed by atoms with Gasteiger partial charge in [-0.05, 0) is 47.4 Å². The molecule has 0 fully saturated rings. The fourth-order valence-corrected chi connectivity index (χ4v) is 5.00. The van der Waals surface area contributed by atoms with E-state index in [4.69, 9.17) is 14.5 Å². The minimum atomic E-state index is -0.412. The summed E-state index contributed by atoms with van der Waals surface area (Å²) < 4.78 is 26.7. The van der Waals surface area contributed by atoms with Gasteiger partial charge in [0.2, 0.25) is 5.88 Å². The summed E-state index contributed by atoms with van der Waals surface area (Å²) in [4.78, 5) is 22.8. The number of benzene rings is 2. The summed E-state index contributed by atoms with van der Waals surface area (Å²) in [5.74, 6) is 1.55. The lowest BCUT2D eigenvalue weighted by Gasteiger charge is -2.37. The molecule has 7 nitrogen and oxygen atoms in total. The van der Waals surface area contributed by atoms with Gasteiger partial charge in [-0.1, -0.05) is 26.0 Å². The van der Waals surface area contributed by atoms with E-state index in [1.807, 2.05) is 24.3 Å². The van der Waals surface area contributed by atoms with Crippen LogP contribution in [0, 0.1) is 11.2 Å². The molecule has 35 heavy (non-hydrogen) atoms. The molecule has 0 bridgehead atoms. The van der Waals surface area contributed by atoms with Gasteiger partial charge in [0.25, 0.3) is 0 Å². The zero-order valence-corrected chi connectivity index (χ0v) is 19.6. The first-order valence-electron chi connectivity index (χ1n) is 11.4. The van der Waals surface area contributed by atoms with E-state index in [-0.39, 0.29) is 17.0 Å². The van der Waals surface area contributed by atoms with Crippen molar-refractivity contribution >= 4 is 11.4 Å². The molecule has 1 aliphatic heterocycles. The number of aromatic nitrogens is 4. The number of hydrogen-bond donors (Lipinski definition) is 0. The number of ether oxygens (including phenoxy) is 2. The Balaban J connectivity index is 1.58. The summed E-state index contributed by atoms with van der Waals surface area (Å²) in [6.07, 6.45) is 2.63. The molecule has 2 aromatic carbocycles. The Hall–Kier alpha value is -4.07. The van der Waals surface area contributed by atoms with Crippen LogP contribution in [0.4, 0.5) is 4.39 Å². The van der Waals surface area contributed by atoms with Gasteiger partial charge < -0.3 is 9.47 Å². The Bertz CT molecular complexity index is 1500. The maximum Gasteiger partial charge on any atom is 0.228 e. The first kappa shape index (κ1) is 21.5. The zero-order valence-electron chi connectivity index (χ0n) is 19.6. The molecule has 0 N–H and O–H groups in total. The Morgan fingerprint density at radius 3 is 2.54 bits per heavy atom. The van der Waals surface area contributed by atoms with Gasteiger partial charge in [0.1, 0.15) is 23.7 Å². The van der Waals surface area contributed by atoms with Gasteiger partial charge in [-0.3, -0.25) is 4.79 Å². The predicted octanol–water partition coefficient (Wildman–Crippen LogP) is 5.11. The Morgan fingerprint density at radius 2 is 1.83 bits per heavy atom. The van der Waals surface area contributed by atoms with Gasteiger partial charge in [0, 0.05) is 29.9 Å². The van der Waals surface area contributed by atoms with Gasteiger partial charge in [-0.25, -0.2) is 18.9 Å². The van der Waals surface area contributed by atoms with Crippen molar-refractivity contribution < 1.29 is 18.7 Å². The molecular weight excluding hydrogens is 447 g/mol. The van der Waals surface area contributed by atoms with E-state index in [2.05, 4.69) is 23.9 Å². The first-order chi connectivity index (χ1) is 16.8. The number of rotatable bonds is 3. The van der Waals surface area contributed by atoms with Crippen molar-refractivity contribution in [3.63, 3.8) is 0 Å². The monoisotopic (exact) mass is 470 g/mol. The minimum absolute atomic E-state index is 0.0583. The Kier molecular flexibility index (Phi) is 4.74. The number of halogens is 1. The highest BCUT2D eigenvalue weighted by atomic mass is 19.1. The molecule has 1 atom stereocenters. The van der Waals surface area contributed by atoms with Crippen LogP contribution in [0.25, 0.3) is 17.0 Å². The molecule has 0 radical (unpaired) electrons. The zero-order chi connectivity index (χ0) is 24.3. The predicted molar refractivity (Wildman–Crippen MR) is 127 cm³/mol. The van der Waals surface area contributed by atoms with Gasteiger partial charge in [-0.2, -0.15) is 0 Å². The molecular formula is C27H23FN4O3. The highest BCUT2D eigenvalue weighted by molar-refractivity contribution is 6.00. The van der Waals surface area contributed by atoms with E-state index in [0.29, 0.717) is 52.7 Å². The lowest BCUT2D eigenvalue weighted by atomic mass is 9.70. The summed E-state index contributed by atoms with van der Waals surface area (Å²) in [5, 5.41) is 4.57. The number of Topliss-reactive ketones (excluding diaryl/α,β-unsaturated/α-hetero) is 1. The Morgan fingerprint density at radius 1 is 1.09 bits per heavy atom. The van der Waals surface area contributed by atoms with Crippen molar-refractivity contribution in [2.45, 2.75) is 32.6 Å². The lowest BCUT2D eigenvalue weighted by Crippen LogP contribution is -2.33. The molecule has 2 aromatic heterocycles. The van der Waals surface area contributed by atoms with Crippen molar-refractivity contribution in [3.05, 3.63) is 83.1 Å². The number of nitrogens with zero attached hydrogens (tertiary/aromatic N) is 4. The summed E-state index contributed by atoms with van der Waals surface area (Å²) in [6, 6.07) is 13.7. The van der Waals surface area contributed by atoms with Crippen LogP contribution in [0.3, 0.4) is 0 Å². The molecule has 0 saturated heterocycles. The van der Waals surface area contributed by atoms with Crippen LogP contribution in [-0.4, -0.2) is 32.5 Å². The molecule has 176 valence electrons. The summed E-state index contributed by atoms with van der Waals surface area (Å²) >= 11 is 0. The fraction of sp³-hybridized carbons (Fsp3) is 0.259. The third-order valence-electron chi connectivity index (χ3n) is 6.61. The smallest absolute Gasteiger partial charge is 0.228 e. The van der Waals surface area contributed by atoms with Crippen LogP contribution in [0.15, 0.2) is 66.2 Å². The fourth-order valence-electron chi connectivity index (χ4n) is 5.00. The molecule has 6 rings (SSSR count). The van der Waals surface area contributed by atoms with E-state index in [1.54, 1.807) is 30.1 Å². The third-order valence-corrected chi connectivity index (χ3v) is 6.61. The van der Waals surface area contributed by atoms with Crippen molar-refractivity contribution in [2.24, 2.45) is 5.41 Å². The molecule has 0 spiro atoms. The van der Waals surface area contributed by atoms with Gasteiger partial charge in [0.05, 0.1) is 12.7 Å². The van der Waals surface area contributed by atoms with Crippen LogP contribution in [0.2, 0.25) is 0 Å². The number of fused-ring (bicyclic) bond motifs is 3.